The number of amides is 1. The molecule has 0 heterocycles. The lowest BCUT2D eigenvalue weighted by molar-refractivity contribution is -0.113. The van der Waals surface area contributed by atoms with Gasteiger partial charge in [0.2, 0.25) is 5.91 Å². The van der Waals surface area contributed by atoms with E-state index in [1.807, 2.05) is 31.2 Å². The van der Waals surface area contributed by atoms with E-state index in [2.05, 4.69) is 5.32 Å². The Bertz CT molecular complexity index is 631. The van der Waals surface area contributed by atoms with Crippen molar-refractivity contribution in [2.75, 3.05) is 16.8 Å². The predicted octanol–water partition coefficient (Wildman–Crippen LogP) is 3.45. The third-order valence-corrected chi connectivity index (χ3v) is 3.67. The average Bonchev–Trinajstić information content (AvgIpc) is 2.37. The molecule has 3 nitrogen and oxygen atoms in total. The maximum absolute atomic E-state index is 13.5. The number of nitrogens with one attached hydrogen (secondary N) is 1. The first-order valence-electron chi connectivity index (χ1n) is 6.09. The molecule has 0 aliphatic rings. The summed E-state index contributed by atoms with van der Waals surface area (Å²) >= 11 is 1.14. The summed E-state index contributed by atoms with van der Waals surface area (Å²) in [7, 11) is 0. The summed E-state index contributed by atoms with van der Waals surface area (Å²) in [6.07, 6.45) is 0. The van der Waals surface area contributed by atoms with Gasteiger partial charge in [0.1, 0.15) is 5.82 Å². The molecule has 0 spiro atoms. The Labute approximate surface area is 121 Å². The third-order valence-electron chi connectivity index (χ3n) is 2.62. The topological polar surface area (TPSA) is 55.1 Å². The monoisotopic (exact) mass is 290 g/mol. The zero-order valence-corrected chi connectivity index (χ0v) is 11.8. The standard InChI is InChI=1S/C15H15FN2OS/c1-10-3-2-4-12(7-10)18-15(19)9-20-14-6-5-11(17)8-13(14)16/h2-8H,9,17H2,1H3,(H,18,19). The molecule has 0 aliphatic carbocycles. The van der Waals surface area contributed by atoms with E-state index < -0.39 is 5.82 Å². The van der Waals surface area contributed by atoms with Gasteiger partial charge in [-0.1, -0.05) is 12.1 Å². The molecule has 0 bridgehead atoms. The highest BCUT2D eigenvalue weighted by Gasteiger charge is 2.07. The Morgan fingerprint density at radius 1 is 1.30 bits per heavy atom. The van der Waals surface area contributed by atoms with Gasteiger partial charge < -0.3 is 11.1 Å². The van der Waals surface area contributed by atoms with Crippen LogP contribution in [0.15, 0.2) is 47.4 Å². The van der Waals surface area contributed by atoms with Crippen LogP contribution in [0.25, 0.3) is 0 Å². The van der Waals surface area contributed by atoms with Gasteiger partial charge in [-0.2, -0.15) is 0 Å². The van der Waals surface area contributed by atoms with Crippen molar-refractivity contribution in [1.82, 2.24) is 0 Å². The highest BCUT2D eigenvalue weighted by atomic mass is 32.2. The lowest BCUT2D eigenvalue weighted by Gasteiger charge is -2.06. The second-order valence-electron chi connectivity index (χ2n) is 4.40. The lowest BCUT2D eigenvalue weighted by atomic mass is 10.2. The third kappa shape index (κ3) is 3.99. The van der Waals surface area contributed by atoms with Crippen LogP contribution in [0.1, 0.15) is 5.56 Å². The van der Waals surface area contributed by atoms with Gasteiger partial charge in [0.15, 0.2) is 0 Å². The molecular formula is C15H15FN2OS. The van der Waals surface area contributed by atoms with E-state index in [4.69, 9.17) is 5.73 Å². The number of anilines is 2. The Morgan fingerprint density at radius 3 is 2.80 bits per heavy atom. The molecule has 2 aromatic rings. The van der Waals surface area contributed by atoms with Gasteiger partial charge in [0.25, 0.3) is 0 Å². The summed E-state index contributed by atoms with van der Waals surface area (Å²) < 4.78 is 13.5. The maximum atomic E-state index is 13.5. The van der Waals surface area contributed by atoms with Crippen molar-refractivity contribution in [1.29, 1.82) is 0 Å². The Balaban J connectivity index is 1.92. The number of aryl methyl sites for hydroxylation is 1. The van der Waals surface area contributed by atoms with Crippen molar-refractivity contribution < 1.29 is 9.18 Å². The highest BCUT2D eigenvalue weighted by molar-refractivity contribution is 8.00. The van der Waals surface area contributed by atoms with Crippen LogP contribution in [0.2, 0.25) is 0 Å². The molecule has 20 heavy (non-hydrogen) atoms. The second kappa shape index (κ2) is 6.43. The zero-order chi connectivity index (χ0) is 14.5. The molecule has 0 fully saturated rings. The van der Waals surface area contributed by atoms with Crippen molar-refractivity contribution in [2.24, 2.45) is 0 Å². The Kier molecular flexibility index (Phi) is 4.63. The van der Waals surface area contributed by atoms with Crippen LogP contribution in [0.5, 0.6) is 0 Å². The minimum absolute atomic E-state index is 0.148. The molecule has 0 aliphatic heterocycles. The first kappa shape index (κ1) is 14.4. The molecule has 104 valence electrons. The fourth-order valence-corrected chi connectivity index (χ4v) is 2.42. The van der Waals surface area contributed by atoms with Gasteiger partial charge in [-0.15, -0.1) is 11.8 Å². The molecule has 5 heteroatoms. The van der Waals surface area contributed by atoms with E-state index in [9.17, 15) is 9.18 Å². The summed E-state index contributed by atoms with van der Waals surface area (Å²) in [6, 6.07) is 12.0. The molecule has 3 N–H and O–H groups in total. The van der Waals surface area contributed by atoms with E-state index in [-0.39, 0.29) is 11.7 Å². The maximum Gasteiger partial charge on any atom is 0.234 e. The number of carbonyl (C=O) groups is 1. The van der Waals surface area contributed by atoms with Gasteiger partial charge in [-0.25, -0.2) is 4.39 Å². The quantitative estimate of drug-likeness (QED) is 0.670. The first-order valence-corrected chi connectivity index (χ1v) is 7.07. The van der Waals surface area contributed by atoms with Crippen LogP contribution >= 0.6 is 11.8 Å². The summed E-state index contributed by atoms with van der Waals surface area (Å²) in [5.41, 5.74) is 7.66. The predicted molar refractivity (Wildman–Crippen MR) is 81.3 cm³/mol. The van der Waals surface area contributed by atoms with E-state index in [1.54, 1.807) is 12.1 Å². The van der Waals surface area contributed by atoms with Gasteiger partial charge >= 0.3 is 0 Å². The largest absolute Gasteiger partial charge is 0.399 e. The van der Waals surface area contributed by atoms with Gasteiger partial charge in [-0.3, -0.25) is 4.79 Å². The number of carbonyl (C=O) groups excluding carboxylic acids is 1. The van der Waals surface area contributed by atoms with E-state index in [0.717, 1.165) is 23.0 Å². The second-order valence-corrected chi connectivity index (χ2v) is 5.41. The van der Waals surface area contributed by atoms with Crippen molar-refractivity contribution in [2.45, 2.75) is 11.8 Å². The normalized spacial score (nSPS) is 10.3. The zero-order valence-electron chi connectivity index (χ0n) is 11.0. The SMILES string of the molecule is Cc1cccc(NC(=O)CSc2ccc(N)cc2F)c1. The number of rotatable bonds is 4. The van der Waals surface area contributed by atoms with Gasteiger partial charge in [-0.05, 0) is 42.8 Å². The number of nitrogen functional groups attached to an aromatic ring is 1. The Morgan fingerprint density at radius 2 is 2.10 bits per heavy atom. The van der Waals surface area contributed by atoms with Gasteiger partial charge in [0, 0.05) is 16.3 Å². The van der Waals surface area contributed by atoms with E-state index >= 15 is 0 Å². The van der Waals surface area contributed by atoms with Crippen LogP contribution in [-0.2, 0) is 4.79 Å². The molecule has 2 rings (SSSR count). The van der Waals surface area contributed by atoms with Crippen LogP contribution in [-0.4, -0.2) is 11.7 Å². The fourth-order valence-electron chi connectivity index (χ4n) is 1.70. The minimum atomic E-state index is -0.404. The summed E-state index contributed by atoms with van der Waals surface area (Å²) in [5, 5.41) is 2.78. The highest BCUT2D eigenvalue weighted by Crippen LogP contribution is 2.23. The molecule has 0 saturated carbocycles. The van der Waals surface area contributed by atoms with Crippen molar-refractivity contribution >= 4 is 29.0 Å². The molecule has 0 unspecified atom stereocenters. The number of nitrogens with two attached hydrogens (primary N) is 1. The van der Waals surface area contributed by atoms with Crippen LogP contribution in [0.3, 0.4) is 0 Å². The first-order chi connectivity index (χ1) is 9.54. The number of hydrogen-bond donors (Lipinski definition) is 2. The minimum Gasteiger partial charge on any atom is -0.399 e. The van der Waals surface area contributed by atoms with Crippen molar-refractivity contribution in [3.63, 3.8) is 0 Å². The number of hydrogen-bond acceptors (Lipinski definition) is 3. The number of thioether (sulfide) groups is 1. The molecule has 0 radical (unpaired) electrons. The van der Waals surface area contributed by atoms with Crippen LogP contribution in [0.4, 0.5) is 15.8 Å². The molecule has 0 aromatic heterocycles. The number of halogens is 1. The molecular weight excluding hydrogens is 275 g/mol. The molecule has 2 aromatic carbocycles. The summed E-state index contributed by atoms with van der Waals surface area (Å²) in [6.45, 7) is 1.95. The van der Waals surface area contributed by atoms with E-state index in [0.29, 0.717) is 10.6 Å². The lowest BCUT2D eigenvalue weighted by Crippen LogP contribution is -2.14. The fraction of sp³-hybridized carbons (Fsp3) is 0.133. The smallest absolute Gasteiger partial charge is 0.234 e. The summed E-state index contributed by atoms with van der Waals surface area (Å²) in [5.74, 6) is -0.426. The van der Waals surface area contributed by atoms with Crippen LogP contribution in [0, 0.1) is 12.7 Å². The van der Waals surface area contributed by atoms with Crippen LogP contribution < -0.4 is 11.1 Å². The molecule has 0 atom stereocenters. The molecule has 0 saturated heterocycles. The van der Waals surface area contributed by atoms with Gasteiger partial charge in [0.05, 0.1) is 5.75 Å². The summed E-state index contributed by atoms with van der Waals surface area (Å²) in [4.78, 5) is 12.2. The molecule has 1 amide bonds. The average molecular weight is 290 g/mol. The van der Waals surface area contributed by atoms with E-state index in [1.165, 1.54) is 6.07 Å². The Hall–Kier alpha value is -2.01. The van der Waals surface area contributed by atoms with Crippen molar-refractivity contribution in [3.8, 4) is 0 Å². The van der Waals surface area contributed by atoms with Crippen molar-refractivity contribution in [3.05, 3.63) is 53.8 Å². The number of benzene rings is 2.